The highest BCUT2D eigenvalue weighted by atomic mass is 35.5. The van der Waals surface area contributed by atoms with Crippen LogP contribution < -0.4 is 11.1 Å². The van der Waals surface area contributed by atoms with Crippen molar-refractivity contribution in [1.29, 1.82) is 0 Å². The number of rotatable bonds is 7. The lowest BCUT2D eigenvalue weighted by molar-refractivity contribution is -0.126. The fourth-order valence-corrected chi connectivity index (χ4v) is 2.63. The van der Waals surface area contributed by atoms with Gasteiger partial charge in [0.05, 0.1) is 18.2 Å². The Morgan fingerprint density at radius 1 is 1.30 bits per heavy atom. The third-order valence-corrected chi connectivity index (χ3v) is 3.83. The molecule has 1 rings (SSSR count). The molecule has 120 valence electrons. The highest BCUT2D eigenvalue weighted by Gasteiger charge is 2.26. The van der Waals surface area contributed by atoms with Crippen LogP contribution >= 0.6 is 12.4 Å². The van der Waals surface area contributed by atoms with Gasteiger partial charge in [0.1, 0.15) is 0 Å². The molecule has 0 bridgehead atoms. The second-order valence-corrected chi connectivity index (χ2v) is 5.91. The molecule has 1 saturated carbocycles. The van der Waals surface area contributed by atoms with E-state index in [1.807, 2.05) is 6.92 Å². The monoisotopic (exact) mass is 306 g/mol. The van der Waals surface area contributed by atoms with Crippen LogP contribution in [0.15, 0.2) is 0 Å². The van der Waals surface area contributed by atoms with Crippen molar-refractivity contribution < 1.29 is 9.53 Å². The quantitative estimate of drug-likeness (QED) is 0.561. The minimum Gasteiger partial charge on any atom is -0.376 e. The van der Waals surface area contributed by atoms with Crippen molar-refractivity contribution in [2.45, 2.75) is 76.9 Å². The molecule has 1 aliphatic carbocycles. The Hall–Kier alpha value is -0.320. The van der Waals surface area contributed by atoms with E-state index in [-0.39, 0.29) is 18.3 Å². The largest absolute Gasteiger partial charge is 0.376 e. The minimum atomic E-state index is -0.753. The van der Waals surface area contributed by atoms with Gasteiger partial charge in [0.15, 0.2) is 0 Å². The molecule has 5 heteroatoms. The predicted octanol–water partition coefficient (Wildman–Crippen LogP) is 2.78. The van der Waals surface area contributed by atoms with Crippen molar-refractivity contribution in [3.8, 4) is 0 Å². The summed E-state index contributed by atoms with van der Waals surface area (Å²) in [6.45, 7) is 4.98. The molecule has 4 nitrogen and oxygen atoms in total. The molecule has 0 aromatic heterocycles. The molecule has 1 atom stereocenters. The maximum Gasteiger partial charge on any atom is 0.239 e. The van der Waals surface area contributed by atoms with Crippen LogP contribution in [-0.4, -0.2) is 30.7 Å². The molecule has 0 spiro atoms. The highest BCUT2D eigenvalue weighted by molar-refractivity contribution is 5.85. The standard InChI is InChI=1S/C15H30N2O2.ClH/c1-3-10-15(2,16)14(18)17-11-12-19-13-8-6-4-5-7-9-13;/h13H,3-12,16H2,1-2H3,(H,17,18);1H. The van der Waals surface area contributed by atoms with Gasteiger partial charge in [0.2, 0.25) is 5.91 Å². The van der Waals surface area contributed by atoms with Crippen molar-refractivity contribution in [2.24, 2.45) is 5.73 Å². The third kappa shape index (κ3) is 7.46. The molecule has 1 aliphatic rings. The SMILES string of the molecule is CCCC(C)(N)C(=O)NCCOC1CCCCCC1.Cl. The Bertz CT molecular complexity index is 265. The number of carbonyl (C=O) groups excluding carboxylic acids is 1. The highest BCUT2D eigenvalue weighted by Crippen LogP contribution is 2.19. The summed E-state index contributed by atoms with van der Waals surface area (Å²) >= 11 is 0. The second kappa shape index (κ2) is 10.4. The first-order valence-electron chi connectivity index (χ1n) is 7.75. The maximum atomic E-state index is 11.9. The fraction of sp³-hybridized carbons (Fsp3) is 0.933. The summed E-state index contributed by atoms with van der Waals surface area (Å²) in [6, 6.07) is 0. The smallest absolute Gasteiger partial charge is 0.239 e. The summed E-state index contributed by atoms with van der Waals surface area (Å²) < 4.78 is 5.83. The molecule has 20 heavy (non-hydrogen) atoms. The zero-order chi connectivity index (χ0) is 14.1. The molecule has 0 radical (unpaired) electrons. The molecule has 0 heterocycles. The van der Waals surface area contributed by atoms with Crippen LogP contribution in [0, 0.1) is 0 Å². The van der Waals surface area contributed by atoms with E-state index < -0.39 is 5.54 Å². The van der Waals surface area contributed by atoms with Gasteiger partial charge in [-0.3, -0.25) is 4.79 Å². The summed E-state index contributed by atoms with van der Waals surface area (Å²) in [5, 5.41) is 2.87. The van der Waals surface area contributed by atoms with Crippen LogP contribution in [0.1, 0.15) is 65.2 Å². The number of nitrogens with one attached hydrogen (secondary N) is 1. The summed E-state index contributed by atoms with van der Waals surface area (Å²) in [7, 11) is 0. The maximum absolute atomic E-state index is 11.9. The van der Waals surface area contributed by atoms with Crippen molar-refractivity contribution in [3.63, 3.8) is 0 Å². The van der Waals surface area contributed by atoms with Gasteiger partial charge in [-0.1, -0.05) is 39.0 Å². The number of hydrogen-bond acceptors (Lipinski definition) is 3. The van der Waals surface area contributed by atoms with Gasteiger partial charge in [0.25, 0.3) is 0 Å². The zero-order valence-electron chi connectivity index (χ0n) is 13.0. The molecular formula is C15H31ClN2O2. The topological polar surface area (TPSA) is 64.4 Å². The molecule has 1 amide bonds. The molecule has 0 aromatic carbocycles. The average Bonchev–Trinajstić information content (AvgIpc) is 2.62. The first kappa shape index (κ1) is 19.7. The number of amides is 1. The Labute approximate surface area is 129 Å². The lowest BCUT2D eigenvalue weighted by Crippen LogP contribution is -2.52. The molecule has 0 saturated heterocycles. The normalized spacial score (nSPS) is 19.6. The van der Waals surface area contributed by atoms with Crippen molar-refractivity contribution >= 4 is 18.3 Å². The molecule has 1 unspecified atom stereocenters. The van der Waals surface area contributed by atoms with E-state index in [0.717, 1.165) is 6.42 Å². The first-order valence-corrected chi connectivity index (χ1v) is 7.75. The first-order chi connectivity index (χ1) is 9.06. The summed E-state index contributed by atoms with van der Waals surface area (Å²) in [5.41, 5.74) is 5.21. The summed E-state index contributed by atoms with van der Waals surface area (Å²) in [6.07, 6.45) is 9.55. The van der Waals surface area contributed by atoms with E-state index in [2.05, 4.69) is 5.32 Å². The van der Waals surface area contributed by atoms with Crippen LogP contribution in [0.3, 0.4) is 0 Å². The second-order valence-electron chi connectivity index (χ2n) is 5.91. The summed E-state index contributed by atoms with van der Waals surface area (Å²) in [5.74, 6) is -0.0705. The number of nitrogens with two attached hydrogens (primary N) is 1. The van der Waals surface area contributed by atoms with E-state index in [0.29, 0.717) is 25.7 Å². The predicted molar refractivity (Wildman–Crippen MR) is 85.2 cm³/mol. The van der Waals surface area contributed by atoms with E-state index in [1.54, 1.807) is 6.92 Å². The van der Waals surface area contributed by atoms with Gasteiger partial charge < -0.3 is 15.8 Å². The van der Waals surface area contributed by atoms with Gasteiger partial charge in [-0.25, -0.2) is 0 Å². The fourth-order valence-electron chi connectivity index (χ4n) is 2.63. The minimum absolute atomic E-state index is 0. The Morgan fingerprint density at radius 2 is 1.90 bits per heavy atom. The van der Waals surface area contributed by atoms with Gasteiger partial charge in [-0.05, 0) is 26.2 Å². The lowest BCUT2D eigenvalue weighted by Gasteiger charge is -2.23. The molecule has 1 fully saturated rings. The van der Waals surface area contributed by atoms with Crippen LogP contribution in [0.2, 0.25) is 0 Å². The van der Waals surface area contributed by atoms with Gasteiger partial charge in [0, 0.05) is 6.54 Å². The number of carbonyl (C=O) groups is 1. The number of hydrogen-bond donors (Lipinski definition) is 2. The average molecular weight is 307 g/mol. The van der Waals surface area contributed by atoms with Crippen LogP contribution in [-0.2, 0) is 9.53 Å². The van der Waals surface area contributed by atoms with Gasteiger partial charge in [-0.15, -0.1) is 12.4 Å². The van der Waals surface area contributed by atoms with E-state index in [1.165, 1.54) is 38.5 Å². The number of ether oxygens (including phenoxy) is 1. The van der Waals surface area contributed by atoms with Gasteiger partial charge >= 0.3 is 0 Å². The Morgan fingerprint density at radius 3 is 2.45 bits per heavy atom. The molecule has 3 N–H and O–H groups in total. The van der Waals surface area contributed by atoms with E-state index >= 15 is 0 Å². The van der Waals surface area contributed by atoms with Gasteiger partial charge in [-0.2, -0.15) is 0 Å². The molecular weight excluding hydrogens is 276 g/mol. The Kier molecular flexibility index (Phi) is 10.2. The van der Waals surface area contributed by atoms with E-state index in [9.17, 15) is 4.79 Å². The van der Waals surface area contributed by atoms with Crippen LogP contribution in [0.5, 0.6) is 0 Å². The van der Waals surface area contributed by atoms with Crippen LogP contribution in [0.25, 0.3) is 0 Å². The molecule has 0 aliphatic heterocycles. The van der Waals surface area contributed by atoms with E-state index in [4.69, 9.17) is 10.5 Å². The number of halogens is 1. The summed E-state index contributed by atoms with van der Waals surface area (Å²) in [4.78, 5) is 11.9. The Balaban J connectivity index is 0.00000361. The van der Waals surface area contributed by atoms with Crippen molar-refractivity contribution in [3.05, 3.63) is 0 Å². The molecule has 0 aromatic rings. The zero-order valence-corrected chi connectivity index (χ0v) is 13.8. The lowest BCUT2D eigenvalue weighted by atomic mass is 9.97. The third-order valence-electron chi connectivity index (χ3n) is 3.83. The van der Waals surface area contributed by atoms with Crippen molar-refractivity contribution in [1.82, 2.24) is 5.32 Å². The van der Waals surface area contributed by atoms with Crippen molar-refractivity contribution in [2.75, 3.05) is 13.2 Å². The van der Waals surface area contributed by atoms with Crippen LogP contribution in [0.4, 0.5) is 0 Å².